The Morgan fingerprint density at radius 2 is 1.31 bits per heavy atom. The largest absolute Gasteiger partial charge is 0.493 e. The third-order valence-corrected chi connectivity index (χ3v) is 16.4. The van der Waals surface area contributed by atoms with Gasteiger partial charge in [-0.3, -0.25) is 4.79 Å². The highest BCUT2D eigenvalue weighted by Crippen LogP contribution is 2.50. The maximum Gasteiger partial charge on any atom is 0.286 e. The van der Waals surface area contributed by atoms with Crippen LogP contribution in [0.15, 0.2) is 137 Å². The number of amidine groups is 1. The van der Waals surface area contributed by atoms with E-state index in [1.54, 1.807) is 24.3 Å². The van der Waals surface area contributed by atoms with Gasteiger partial charge in [-0.2, -0.15) is 8.42 Å². The fourth-order valence-corrected chi connectivity index (χ4v) is 11.7. The lowest BCUT2D eigenvalue weighted by atomic mass is 9.72. The van der Waals surface area contributed by atoms with Crippen LogP contribution >= 0.6 is 0 Å². The highest BCUT2D eigenvalue weighted by molar-refractivity contribution is 7.90. The van der Waals surface area contributed by atoms with E-state index in [-0.39, 0.29) is 38.2 Å². The van der Waals surface area contributed by atoms with Gasteiger partial charge in [0.05, 0.1) is 29.1 Å². The predicted octanol–water partition coefficient (Wildman–Crippen LogP) is 15.9. The first kappa shape index (κ1) is 51.9. The van der Waals surface area contributed by atoms with Crippen molar-refractivity contribution in [3.63, 3.8) is 0 Å². The molecule has 1 aromatic heterocycles. The second kappa shape index (κ2) is 20.0. The van der Waals surface area contributed by atoms with Gasteiger partial charge in [-0.15, -0.1) is 4.40 Å². The number of unbranched alkanes of at least 4 members (excludes halogenated alkanes) is 1. The number of aromatic nitrogens is 1. The molecule has 3 N–H and O–H groups in total. The van der Waals surface area contributed by atoms with Crippen LogP contribution in [0.1, 0.15) is 146 Å². The summed E-state index contributed by atoms with van der Waals surface area (Å²) >= 11 is 0. The highest BCUT2D eigenvalue weighted by atomic mass is 32.2. The summed E-state index contributed by atoms with van der Waals surface area (Å²) in [6, 6.07) is 40.6. The number of hydrogen-bond acceptors (Lipinski definition) is 9. The first-order valence-electron chi connectivity index (χ1n) is 26.1. The molecule has 0 amide bonds. The maximum absolute atomic E-state index is 15.1. The second-order valence-electron chi connectivity index (χ2n) is 23.0. The van der Waals surface area contributed by atoms with Gasteiger partial charge >= 0.3 is 0 Å². The van der Waals surface area contributed by atoms with Crippen molar-refractivity contribution in [2.45, 2.75) is 129 Å². The van der Waals surface area contributed by atoms with Crippen LogP contribution in [0.4, 0.5) is 22.9 Å². The molecular formula is C63H71N5O5S. The number of fused-ring (bicyclic) bond motifs is 3. The molecule has 74 heavy (non-hydrogen) atoms. The lowest BCUT2D eigenvalue weighted by molar-refractivity contribution is 0.104. The van der Waals surface area contributed by atoms with E-state index < -0.39 is 10.0 Å². The van der Waals surface area contributed by atoms with Crippen molar-refractivity contribution in [1.29, 1.82) is 0 Å². The van der Waals surface area contributed by atoms with Crippen LogP contribution in [0.5, 0.6) is 17.2 Å². The maximum atomic E-state index is 15.1. The van der Waals surface area contributed by atoms with Gasteiger partial charge in [-0.05, 0) is 113 Å². The topological polar surface area (TPSA) is 131 Å². The molecule has 384 valence electrons. The molecule has 1 aliphatic carbocycles. The second-order valence-corrected chi connectivity index (χ2v) is 24.6. The number of hydrogen-bond donors (Lipinski definition) is 3. The summed E-state index contributed by atoms with van der Waals surface area (Å²) in [6.45, 7) is 25.9. The van der Waals surface area contributed by atoms with E-state index >= 15 is 4.79 Å². The molecule has 0 radical (unpaired) electrons. The number of carbonyl (C=O) groups excluding carboxylic acids is 1. The number of anilines is 4. The van der Waals surface area contributed by atoms with Crippen LogP contribution < -0.4 is 25.4 Å². The van der Waals surface area contributed by atoms with Crippen molar-refractivity contribution in [3.05, 3.63) is 161 Å². The number of nitrogens with zero attached hydrogens (tertiary/aromatic N) is 2. The van der Waals surface area contributed by atoms with Gasteiger partial charge in [-0.25, -0.2) is 4.98 Å². The van der Waals surface area contributed by atoms with Crippen LogP contribution in [0.2, 0.25) is 0 Å². The summed E-state index contributed by atoms with van der Waals surface area (Å²) in [4.78, 5) is 20.6. The van der Waals surface area contributed by atoms with Crippen molar-refractivity contribution in [2.75, 3.05) is 29.1 Å². The van der Waals surface area contributed by atoms with Gasteiger partial charge in [-0.1, -0.05) is 155 Å². The number of para-hydroxylation sites is 2. The highest BCUT2D eigenvalue weighted by Gasteiger charge is 2.37. The summed E-state index contributed by atoms with van der Waals surface area (Å²) in [5, 5.41) is 11.1. The standard InChI is InChI=1S/C63H71N5O5S/c1-12-61(6,7)41-31-34-49(46(37-41)62(8,9)13-2)72-36-22-21-35-64-58-55(59-66-47-27-19-20-28-51(47)74(70,71)68-59)52-44-25-17-18-26-45(44)57(69)53-48(65-42-23-15-14-16-24-42)38-50(56(67-58)54(52)53)73-43-32-29-40(30-33-43)63(10,11)39-60(3,4)5/h14-20,23-34,37-38,65H,12-13,21-22,35-36,39H2,1-11H3,(H,64,67)(H,66,68). The minimum absolute atomic E-state index is 0.0470. The van der Waals surface area contributed by atoms with Crippen molar-refractivity contribution in [1.82, 2.24) is 4.98 Å². The van der Waals surface area contributed by atoms with E-state index in [9.17, 15) is 8.42 Å². The number of benzene rings is 6. The normalized spacial score (nSPS) is 14.1. The van der Waals surface area contributed by atoms with Crippen LogP contribution in [-0.2, 0) is 26.3 Å². The first-order chi connectivity index (χ1) is 35.1. The zero-order valence-electron chi connectivity index (χ0n) is 44.9. The van der Waals surface area contributed by atoms with Crippen LogP contribution in [-0.4, -0.2) is 38.2 Å². The van der Waals surface area contributed by atoms with Gasteiger partial charge in [0.15, 0.2) is 17.4 Å². The van der Waals surface area contributed by atoms with Gasteiger partial charge in [0.2, 0.25) is 0 Å². The van der Waals surface area contributed by atoms with Gasteiger partial charge < -0.3 is 25.4 Å². The minimum Gasteiger partial charge on any atom is -0.493 e. The summed E-state index contributed by atoms with van der Waals surface area (Å²) in [5.41, 5.74) is 8.35. The third-order valence-electron chi connectivity index (χ3n) is 15.0. The molecule has 0 atom stereocenters. The molecule has 6 aromatic carbocycles. The monoisotopic (exact) mass is 1010 g/mol. The Morgan fingerprint density at radius 3 is 2.01 bits per heavy atom. The summed E-state index contributed by atoms with van der Waals surface area (Å²) in [5.74, 6) is 2.19. The summed E-state index contributed by atoms with van der Waals surface area (Å²) < 4.78 is 46.3. The lowest BCUT2D eigenvalue weighted by Gasteiger charge is -2.33. The average Bonchev–Trinajstić information content (AvgIpc) is 3.36. The molecule has 10 nitrogen and oxygen atoms in total. The molecule has 0 saturated carbocycles. The lowest BCUT2D eigenvalue weighted by Crippen LogP contribution is -2.26. The Morgan fingerprint density at radius 1 is 0.649 bits per heavy atom. The van der Waals surface area contributed by atoms with Crippen molar-refractivity contribution in [3.8, 4) is 28.4 Å². The molecule has 0 spiro atoms. The molecule has 0 unspecified atom stereocenters. The van der Waals surface area contributed by atoms with E-state index in [2.05, 4.69) is 127 Å². The Bertz CT molecular complexity index is 3410. The van der Waals surface area contributed by atoms with E-state index in [4.69, 9.17) is 14.5 Å². The van der Waals surface area contributed by atoms with Crippen molar-refractivity contribution >= 4 is 55.4 Å². The molecular weight excluding hydrogens is 939 g/mol. The number of ether oxygens (including phenoxy) is 2. The smallest absolute Gasteiger partial charge is 0.286 e. The zero-order chi connectivity index (χ0) is 52.8. The van der Waals surface area contributed by atoms with E-state index in [0.29, 0.717) is 87.0 Å². The number of rotatable bonds is 18. The van der Waals surface area contributed by atoms with Crippen LogP contribution in [0, 0.1) is 5.41 Å². The van der Waals surface area contributed by atoms with Gasteiger partial charge in [0, 0.05) is 40.4 Å². The summed E-state index contributed by atoms with van der Waals surface area (Å²) in [7, 11) is -4.18. The first-order valence-corrected chi connectivity index (χ1v) is 27.6. The minimum atomic E-state index is -4.18. The number of sulfonamides is 1. The number of pyridine rings is 1. The van der Waals surface area contributed by atoms with E-state index in [1.165, 1.54) is 16.7 Å². The van der Waals surface area contributed by atoms with Crippen molar-refractivity contribution in [2.24, 2.45) is 9.81 Å². The van der Waals surface area contributed by atoms with Crippen molar-refractivity contribution < 1.29 is 22.7 Å². The van der Waals surface area contributed by atoms with Gasteiger partial charge in [0.1, 0.15) is 27.7 Å². The Labute approximate surface area is 438 Å². The molecule has 2 aliphatic rings. The fourth-order valence-electron chi connectivity index (χ4n) is 10.5. The molecule has 2 heterocycles. The number of nitrogens with one attached hydrogen (secondary N) is 3. The Kier molecular flexibility index (Phi) is 14.1. The molecule has 0 bridgehead atoms. The molecule has 1 aliphatic heterocycles. The number of ketones is 1. The SMILES string of the molecule is CCC(C)(C)c1ccc(OCCCCNc2nc3c(Oc4ccc(C(C)(C)CC(C)(C)C)cc4)cc(Nc4ccccc4)c4c3c(c2C2=NS(=O)(=O)c3ccccc3N2)-c2ccccc2C4=O)c(C(C)(C)CC)c1. The predicted molar refractivity (Wildman–Crippen MR) is 304 cm³/mol. The third kappa shape index (κ3) is 10.4. The van der Waals surface area contributed by atoms with E-state index in [0.717, 1.165) is 37.1 Å². The molecule has 7 aromatic rings. The van der Waals surface area contributed by atoms with Crippen LogP contribution in [0.3, 0.4) is 0 Å². The zero-order valence-corrected chi connectivity index (χ0v) is 45.7. The summed E-state index contributed by atoms with van der Waals surface area (Å²) in [6.07, 6.45) is 4.42. The molecule has 0 saturated heterocycles. The Hall–Kier alpha value is -6.98. The molecule has 9 rings (SSSR count). The van der Waals surface area contributed by atoms with Crippen LogP contribution in [0.25, 0.3) is 22.0 Å². The van der Waals surface area contributed by atoms with Gasteiger partial charge in [0.25, 0.3) is 10.0 Å². The fraction of sp³-hybridized carbons (Fsp3) is 0.349. The number of carbonyl (C=O) groups is 1. The van der Waals surface area contributed by atoms with E-state index in [1.807, 2.05) is 72.8 Å². The molecule has 11 heteroatoms. The Balaban J connectivity index is 1.17. The molecule has 0 fully saturated rings. The average molecular weight is 1010 g/mol. The quantitative estimate of drug-likeness (QED) is 0.0719.